The highest BCUT2D eigenvalue weighted by Gasteiger charge is 2.33. The first-order valence-electron chi connectivity index (χ1n) is 10.5. The van der Waals surface area contributed by atoms with Gasteiger partial charge < -0.3 is 14.5 Å². The van der Waals surface area contributed by atoms with E-state index in [4.69, 9.17) is 4.74 Å². The van der Waals surface area contributed by atoms with E-state index in [1.54, 1.807) is 17.0 Å². The van der Waals surface area contributed by atoms with Gasteiger partial charge in [-0.1, -0.05) is 26.0 Å². The number of carbonyl (C=O) groups is 1. The van der Waals surface area contributed by atoms with Gasteiger partial charge in [0.2, 0.25) is 10.0 Å². The van der Waals surface area contributed by atoms with Crippen LogP contribution in [0.1, 0.15) is 39.2 Å². The van der Waals surface area contributed by atoms with E-state index in [9.17, 15) is 13.2 Å². The maximum atomic E-state index is 12.9. The van der Waals surface area contributed by atoms with E-state index >= 15 is 0 Å². The summed E-state index contributed by atoms with van der Waals surface area (Å²) in [4.78, 5) is 16.1. The number of benzene rings is 1. The number of sulfonamides is 1. The summed E-state index contributed by atoms with van der Waals surface area (Å²) < 4.78 is 33.1. The third-order valence-corrected chi connectivity index (χ3v) is 7.71. The Morgan fingerprint density at radius 1 is 1.07 bits per heavy atom. The lowest BCUT2D eigenvalue weighted by molar-refractivity contribution is -0.907. The number of carbonyl (C=O) groups excluding carboxylic acids is 1. The summed E-state index contributed by atoms with van der Waals surface area (Å²) in [7, 11) is -3.52. The van der Waals surface area contributed by atoms with Gasteiger partial charge in [0.25, 0.3) is 5.91 Å². The fraction of sp³-hybridized carbons (Fsp3) is 0.667. The van der Waals surface area contributed by atoms with Gasteiger partial charge >= 0.3 is 0 Å². The SMILES string of the molecule is CC(C)c1ccc(S(=O)(=O)N2CCN(C(=O)C[NH+]3C[C@@H](C)O[C@@H](C)C3)CC2)cc1. The molecule has 0 radical (unpaired) electrons. The third kappa shape index (κ3) is 5.36. The molecule has 1 amide bonds. The summed E-state index contributed by atoms with van der Waals surface area (Å²) in [6.45, 7) is 11.9. The number of rotatable bonds is 5. The lowest BCUT2D eigenvalue weighted by Crippen LogP contribution is -3.16. The Morgan fingerprint density at radius 2 is 1.62 bits per heavy atom. The molecule has 2 fully saturated rings. The number of nitrogens with one attached hydrogen (secondary N) is 1. The fourth-order valence-electron chi connectivity index (χ4n) is 4.21. The van der Waals surface area contributed by atoms with Crippen molar-refractivity contribution in [2.24, 2.45) is 0 Å². The molecule has 1 N–H and O–H groups in total. The number of quaternary nitrogens is 1. The van der Waals surface area contributed by atoms with Gasteiger partial charge in [-0.2, -0.15) is 4.31 Å². The van der Waals surface area contributed by atoms with Crippen molar-refractivity contribution in [2.75, 3.05) is 45.8 Å². The van der Waals surface area contributed by atoms with Crippen LogP contribution in [0.4, 0.5) is 0 Å². The lowest BCUT2D eigenvalue weighted by Gasteiger charge is -2.36. The molecule has 7 nitrogen and oxygen atoms in total. The van der Waals surface area contributed by atoms with E-state index in [1.807, 2.05) is 26.0 Å². The minimum atomic E-state index is -3.52. The lowest BCUT2D eigenvalue weighted by atomic mass is 10.0. The second kappa shape index (κ2) is 9.12. The molecule has 2 aliphatic heterocycles. The summed E-state index contributed by atoms with van der Waals surface area (Å²) in [6.07, 6.45) is 0.316. The smallest absolute Gasteiger partial charge is 0.277 e. The molecular formula is C21H34N3O4S+. The summed E-state index contributed by atoms with van der Waals surface area (Å²) in [5, 5.41) is 0. The van der Waals surface area contributed by atoms with Gasteiger partial charge in [0.1, 0.15) is 25.3 Å². The minimum Gasteiger partial charge on any atom is -0.364 e. The first-order valence-corrected chi connectivity index (χ1v) is 12.0. The van der Waals surface area contributed by atoms with Gasteiger partial charge in [-0.15, -0.1) is 0 Å². The number of morpholine rings is 1. The quantitative estimate of drug-likeness (QED) is 0.740. The molecule has 0 bridgehead atoms. The van der Waals surface area contributed by atoms with Crippen LogP contribution in [0.15, 0.2) is 29.2 Å². The van der Waals surface area contributed by atoms with Crippen molar-refractivity contribution in [3.05, 3.63) is 29.8 Å². The summed E-state index contributed by atoms with van der Waals surface area (Å²) >= 11 is 0. The second-order valence-electron chi connectivity index (χ2n) is 8.60. The molecule has 162 valence electrons. The Kier molecular flexibility index (Phi) is 6.98. The first kappa shape index (κ1) is 22.2. The molecule has 2 saturated heterocycles. The van der Waals surface area contributed by atoms with Crippen LogP contribution in [0.5, 0.6) is 0 Å². The highest BCUT2D eigenvalue weighted by molar-refractivity contribution is 7.89. The average molecular weight is 425 g/mol. The van der Waals surface area contributed by atoms with Gasteiger partial charge in [-0.05, 0) is 37.5 Å². The molecule has 0 aromatic heterocycles. The van der Waals surface area contributed by atoms with Crippen LogP contribution in [-0.2, 0) is 19.6 Å². The van der Waals surface area contributed by atoms with Gasteiger partial charge in [0.05, 0.1) is 4.90 Å². The molecule has 1 unspecified atom stereocenters. The molecule has 1 aromatic carbocycles. The monoisotopic (exact) mass is 424 g/mol. The van der Waals surface area contributed by atoms with Gasteiger partial charge in [-0.25, -0.2) is 8.42 Å². The Balaban J connectivity index is 1.56. The van der Waals surface area contributed by atoms with E-state index in [1.165, 1.54) is 9.21 Å². The molecule has 2 heterocycles. The van der Waals surface area contributed by atoms with Gasteiger partial charge in [0, 0.05) is 26.2 Å². The second-order valence-corrected chi connectivity index (χ2v) is 10.5. The summed E-state index contributed by atoms with van der Waals surface area (Å²) in [6, 6.07) is 7.13. The van der Waals surface area contributed by atoms with Crippen molar-refractivity contribution in [1.29, 1.82) is 0 Å². The van der Waals surface area contributed by atoms with Crippen LogP contribution in [-0.4, -0.2) is 81.6 Å². The molecule has 0 spiro atoms. The number of ether oxygens (including phenoxy) is 1. The first-order chi connectivity index (χ1) is 13.7. The molecule has 0 saturated carbocycles. The van der Waals surface area contributed by atoms with Crippen molar-refractivity contribution in [2.45, 2.75) is 50.7 Å². The van der Waals surface area contributed by atoms with Crippen molar-refractivity contribution >= 4 is 15.9 Å². The molecule has 1 aromatic rings. The van der Waals surface area contributed by atoms with Crippen LogP contribution in [0.2, 0.25) is 0 Å². The maximum Gasteiger partial charge on any atom is 0.277 e. The topological polar surface area (TPSA) is 71.4 Å². The number of hydrogen-bond donors (Lipinski definition) is 1. The van der Waals surface area contributed by atoms with Gasteiger partial charge in [0.15, 0.2) is 6.54 Å². The highest BCUT2D eigenvalue weighted by Crippen LogP contribution is 2.21. The predicted molar refractivity (Wildman–Crippen MR) is 111 cm³/mol. The molecule has 2 aliphatic rings. The van der Waals surface area contributed by atoms with Crippen molar-refractivity contribution in [1.82, 2.24) is 9.21 Å². The van der Waals surface area contributed by atoms with Crippen LogP contribution in [0.3, 0.4) is 0 Å². The predicted octanol–water partition coefficient (Wildman–Crippen LogP) is 0.335. The van der Waals surface area contributed by atoms with Gasteiger partial charge in [-0.3, -0.25) is 4.79 Å². The summed E-state index contributed by atoms with van der Waals surface area (Å²) in [5.74, 6) is 0.459. The van der Waals surface area contributed by atoms with Crippen LogP contribution >= 0.6 is 0 Å². The minimum absolute atomic E-state index is 0.0969. The zero-order valence-corrected chi connectivity index (χ0v) is 18.7. The fourth-order valence-corrected chi connectivity index (χ4v) is 5.63. The largest absolute Gasteiger partial charge is 0.364 e. The van der Waals surface area contributed by atoms with Crippen molar-refractivity contribution in [3.8, 4) is 0 Å². The Morgan fingerprint density at radius 3 is 2.14 bits per heavy atom. The van der Waals surface area contributed by atoms with E-state index < -0.39 is 10.0 Å². The molecular weight excluding hydrogens is 390 g/mol. The third-order valence-electron chi connectivity index (χ3n) is 5.79. The van der Waals surface area contributed by atoms with Crippen LogP contribution < -0.4 is 4.90 Å². The molecule has 29 heavy (non-hydrogen) atoms. The molecule has 0 aliphatic carbocycles. The standard InChI is InChI=1S/C21H33N3O4S/c1-16(2)19-5-7-20(8-6-19)29(26,27)24-11-9-23(10-12-24)21(25)15-22-13-17(3)28-18(4)14-22/h5-8,16-18H,9-15H2,1-4H3/p+1/t17-,18+. The maximum absolute atomic E-state index is 12.9. The zero-order chi connectivity index (χ0) is 21.2. The average Bonchev–Trinajstić information content (AvgIpc) is 2.67. The number of hydrogen-bond acceptors (Lipinski definition) is 4. The van der Waals surface area contributed by atoms with Crippen molar-refractivity contribution in [3.63, 3.8) is 0 Å². The molecule has 3 atom stereocenters. The van der Waals surface area contributed by atoms with Crippen molar-refractivity contribution < 1.29 is 22.8 Å². The number of amides is 1. The zero-order valence-electron chi connectivity index (χ0n) is 17.9. The van der Waals surface area contributed by atoms with E-state index in [0.717, 1.165) is 18.7 Å². The van der Waals surface area contributed by atoms with Crippen LogP contribution in [0, 0.1) is 0 Å². The normalized spacial score (nSPS) is 26.7. The Bertz CT molecular complexity index is 792. The highest BCUT2D eigenvalue weighted by atomic mass is 32.2. The molecule has 8 heteroatoms. The van der Waals surface area contributed by atoms with Crippen LogP contribution in [0.25, 0.3) is 0 Å². The Labute approximate surface area is 174 Å². The van der Waals surface area contributed by atoms with E-state index in [-0.39, 0.29) is 18.1 Å². The molecule has 3 rings (SSSR count). The number of nitrogens with zero attached hydrogens (tertiary/aromatic N) is 2. The van der Waals surface area contributed by atoms with E-state index in [2.05, 4.69) is 13.8 Å². The van der Waals surface area contributed by atoms with E-state index in [0.29, 0.717) is 43.5 Å². The Hall–Kier alpha value is -1.48. The number of piperazine rings is 1. The summed E-state index contributed by atoms with van der Waals surface area (Å²) in [5.41, 5.74) is 1.12.